The van der Waals surface area contributed by atoms with Crippen LogP contribution in [0.1, 0.15) is 0 Å². The Kier molecular flexibility index (Phi) is 7.69. The number of halogens is 2. The molecule has 1 N–H and O–H groups in total. The molecule has 0 spiro atoms. The van der Waals surface area contributed by atoms with Gasteiger partial charge in [-0.1, -0.05) is 0 Å². The van der Waals surface area contributed by atoms with Crippen molar-refractivity contribution in [1.29, 1.82) is 0 Å². The number of hydrazone groups is 1. The summed E-state index contributed by atoms with van der Waals surface area (Å²) in [5.41, 5.74) is 3.47. The molecule has 1 atom stereocenters. The van der Waals surface area contributed by atoms with Gasteiger partial charge in [-0.25, -0.2) is 9.18 Å². The molecule has 1 unspecified atom stereocenters. The molecule has 1 aliphatic rings. The van der Waals surface area contributed by atoms with E-state index in [9.17, 15) is 9.18 Å². The summed E-state index contributed by atoms with van der Waals surface area (Å²) in [6.45, 7) is 0. The molecular weight excluding hydrogens is 426 g/mol. The topological polar surface area (TPSA) is 57.2 Å². The molecule has 0 bridgehead atoms. The maximum Gasteiger partial charge on any atom is 0.414 e. The summed E-state index contributed by atoms with van der Waals surface area (Å²) < 4.78 is 18.2. The van der Waals surface area contributed by atoms with Crippen molar-refractivity contribution in [3.05, 3.63) is 54.2 Å². The minimum absolute atomic E-state index is 0. The highest BCUT2D eigenvalue weighted by Crippen LogP contribution is 2.16. The van der Waals surface area contributed by atoms with Crippen molar-refractivity contribution in [1.82, 2.24) is 9.80 Å². The number of rotatable bonds is 4. The Balaban J connectivity index is 0.00000288. The van der Waals surface area contributed by atoms with Gasteiger partial charge in [-0.2, -0.15) is 5.10 Å². The first-order valence-electron chi connectivity index (χ1n) is 7.01. The molecule has 1 aromatic rings. The Hall–Kier alpha value is -2.10. The molecule has 0 saturated carbocycles. The molecule has 1 aliphatic heterocycles. The van der Waals surface area contributed by atoms with Gasteiger partial charge in [-0.3, -0.25) is 5.43 Å². The van der Waals surface area contributed by atoms with Crippen LogP contribution in [0.2, 0.25) is 0 Å². The summed E-state index contributed by atoms with van der Waals surface area (Å²) >= 11 is 0. The molecule has 1 aromatic carbocycles. The molecule has 130 valence electrons. The molecule has 0 aromatic heterocycles. The van der Waals surface area contributed by atoms with E-state index in [1.54, 1.807) is 44.6 Å². The predicted molar refractivity (Wildman–Crippen MR) is 103 cm³/mol. The minimum Gasteiger partial charge on any atom is -0.412 e. The zero-order valence-electron chi connectivity index (χ0n) is 13.6. The van der Waals surface area contributed by atoms with Crippen LogP contribution < -0.4 is 5.43 Å². The van der Waals surface area contributed by atoms with Crippen LogP contribution in [0.25, 0.3) is 0 Å². The first kappa shape index (κ1) is 19.9. The number of benzene rings is 1. The van der Waals surface area contributed by atoms with E-state index < -0.39 is 6.09 Å². The number of amides is 1. The quantitative estimate of drug-likeness (QED) is 0.439. The van der Waals surface area contributed by atoms with E-state index in [0.717, 1.165) is 0 Å². The van der Waals surface area contributed by atoms with Crippen LogP contribution >= 0.6 is 24.0 Å². The van der Waals surface area contributed by atoms with Gasteiger partial charge >= 0.3 is 6.09 Å². The zero-order chi connectivity index (χ0) is 16.8. The van der Waals surface area contributed by atoms with Crippen molar-refractivity contribution in [3.63, 3.8) is 0 Å². The lowest BCUT2D eigenvalue weighted by molar-refractivity contribution is 0.137. The van der Waals surface area contributed by atoms with Crippen LogP contribution in [0.4, 0.5) is 14.9 Å². The molecule has 8 heteroatoms. The summed E-state index contributed by atoms with van der Waals surface area (Å²) in [6, 6.07) is 5.53. The van der Waals surface area contributed by atoms with Gasteiger partial charge in [-0.15, -0.1) is 24.0 Å². The summed E-state index contributed by atoms with van der Waals surface area (Å²) in [6.07, 6.45) is 6.51. The molecular formula is C16H20FIN4O2. The van der Waals surface area contributed by atoms with Gasteiger partial charge in [0.1, 0.15) is 17.6 Å². The molecule has 2 rings (SSSR count). The van der Waals surface area contributed by atoms with E-state index in [4.69, 9.17) is 4.74 Å². The Morgan fingerprint density at radius 2 is 2.04 bits per heavy atom. The number of hydrogen-bond donors (Lipinski definition) is 1. The smallest absolute Gasteiger partial charge is 0.412 e. The summed E-state index contributed by atoms with van der Waals surface area (Å²) in [5.74, 6) is 0.163. The molecule has 24 heavy (non-hydrogen) atoms. The maximum atomic E-state index is 12.8. The number of hydrogen-bond acceptors (Lipinski definition) is 5. The van der Waals surface area contributed by atoms with Crippen LogP contribution in [0.5, 0.6) is 0 Å². The molecule has 0 saturated heterocycles. The van der Waals surface area contributed by atoms with E-state index in [2.05, 4.69) is 10.5 Å². The van der Waals surface area contributed by atoms with Crippen LogP contribution in [0.3, 0.4) is 0 Å². The van der Waals surface area contributed by atoms with Crippen molar-refractivity contribution in [2.75, 3.05) is 26.6 Å². The Labute approximate surface area is 157 Å². The minimum atomic E-state index is -0.454. The molecule has 0 fully saturated rings. The second-order valence-corrected chi connectivity index (χ2v) is 5.18. The standard InChI is InChI=1S/C16H19FN4O2.HI/c1-20(2)16(22)23-15-5-4-10-21(3)14(15)11-18-19-13-8-6-12(17)7-9-13;/h4-11,14,19H,1-3H3;1H. The van der Waals surface area contributed by atoms with Gasteiger partial charge in [0.25, 0.3) is 0 Å². The van der Waals surface area contributed by atoms with Crippen LogP contribution in [-0.4, -0.2) is 49.3 Å². The number of carbonyl (C=O) groups excluding carboxylic acids is 1. The lowest BCUT2D eigenvalue weighted by Crippen LogP contribution is -2.36. The molecule has 0 radical (unpaired) electrons. The van der Waals surface area contributed by atoms with Crippen molar-refractivity contribution < 1.29 is 13.9 Å². The van der Waals surface area contributed by atoms with E-state index in [-0.39, 0.29) is 35.8 Å². The summed E-state index contributed by atoms with van der Waals surface area (Å²) in [7, 11) is 5.08. The van der Waals surface area contributed by atoms with Crippen molar-refractivity contribution in [2.24, 2.45) is 5.10 Å². The van der Waals surface area contributed by atoms with Gasteiger partial charge < -0.3 is 14.5 Å². The van der Waals surface area contributed by atoms with Gasteiger partial charge in [0.15, 0.2) is 0 Å². The maximum absolute atomic E-state index is 12.8. The third-order valence-corrected chi connectivity index (χ3v) is 3.14. The predicted octanol–water partition coefficient (Wildman–Crippen LogP) is 3.25. The van der Waals surface area contributed by atoms with E-state index >= 15 is 0 Å². The third kappa shape index (κ3) is 5.52. The van der Waals surface area contributed by atoms with E-state index in [1.807, 2.05) is 18.1 Å². The fraction of sp³-hybridized carbons (Fsp3) is 0.250. The largest absolute Gasteiger partial charge is 0.414 e. The highest BCUT2D eigenvalue weighted by Gasteiger charge is 2.22. The van der Waals surface area contributed by atoms with Gasteiger partial charge in [0.05, 0.1) is 11.9 Å². The Morgan fingerprint density at radius 1 is 1.38 bits per heavy atom. The number of anilines is 1. The third-order valence-electron chi connectivity index (χ3n) is 3.14. The fourth-order valence-electron chi connectivity index (χ4n) is 1.84. The highest BCUT2D eigenvalue weighted by atomic mass is 127. The number of nitrogens with one attached hydrogen (secondary N) is 1. The zero-order valence-corrected chi connectivity index (χ0v) is 16.0. The van der Waals surface area contributed by atoms with Gasteiger partial charge in [-0.05, 0) is 42.6 Å². The summed E-state index contributed by atoms with van der Waals surface area (Å²) in [5, 5.41) is 4.13. The lowest BCUT2D eigenvalue weighted by Gasteiger charge is -2.28. The van der Waals surface area contributed by atoms with E-state index in [1.165, 1.54) is 17.0 Å². The first-order chi connectivity index (χ1) is 11.0. The second kappa shape index (κ2) is 9.26. The van der Waals surface area contributed by atoms with Crippen LogP contribution in [-0.2, 0) is 4.74 Å². The van der Waals surface area contributed by atoms with Crippen molar-refractivity contribution in [3.8, 4) is 0 Å². The molecule has 0 aliphatic carbocycles. The summed E-state index contributed by atoms with van der Waals surface area (Å²) in [4.78, 5) is 14.9. The van der Waals surface area contributed by atoms with Gasteiger partial charge in [0.2, 0.25) is 0 Å². The van der Waals surface area contributed by atoms with Crippen LogP contribution in [0.15, 0.2) is 53.5 Å². The fourth-order valence-corrected chi connectivity index (χ4v) is 1.84. The average molecular weight is 446 g/mol. The number of allylic oxidation sites excluding steroid dienone is 2. The number of carbonyl (C=O) groups is 1. The van der Waals surface area contributed by atoms with E-state index in [0.29, 0.717) is 11.4 Å². The molecule has 6 nitrogen and oxygen atoms in total. The Bertz CT molecular complexity index is 644. The molecule has 1 amide bonds. The average Bonchev–Trinajstić information content (AvgIpc) is 2.51. The van der Waals surface area contributed by atoms with Gasteiger partial charge in [0, 0.05) is 21.1 Å². The van der Waals surface area contributed by atoms with Crippen LogP contribution in [0, 0.1) is 5.82 Å². The Morgan fingerprint density at radius 3 is 2.67 bits per heavy atom. The monoisotopic (exact) mass is 446 g/mol. The van der Waals surface area contributed by atoms with Crippen molar-refractivity contribution >= 4 is 42.0 Å². The highest BCUT2D eigenvalue weighted by molar-refractivity contribution is 14.0. The lowest BCUT2D eigenvalue weighted by atomic mass is 10.2. The number of nitrogens with zero attached hydrogens (tertiary/aromatic N) is 3. The first-order valence-corrected chi connectivity index (χ1v) is 7.01. The number of ether oxygens (including phenoxy) is 1. The van der Waals surface area contributed by atoms with Crippen molar-refractivity contribution in [2.45, 2.75) is 6.04 Å². The SMILES string of the molecule is CN(C)C(=O)OC1=CC=CN(C)C1C=NNc1ccc(F)cc1.I. The number of likely N-dealkylation sites (N-methyl/N-ethyl adjacent to an activating group) is 1. The normalized spacial score (nSPS) is 16.4. The molecule has 1 heterocycles. The second-order valence-electron chi connectivity index (χ2n) is 5.18.